The molecule has 116 valence electrons. The second-order valence-corrected chi connectivity index (χ2v) is 6.22. The molecule has 20 heavy (non-hydrogen) atoms. The van der Waals surface area contributed by atoms with Gasteiger partial charge in [-0.25, -0.2) is 4.79 Å². The van der Waals surface area contributed by atoms with E-state index in [4.69, 9.17) is 5.11 Å². The van der Waals surface area contributed by atoms with E-state index >= 15 is 0 Å². The highest BCUT2D eigenvalue weighted by Gasteiger charge is 2.24. The van der Waals surface area contributed by atoms with Gasteiger partial charge >= 0.3 is 12.0 Å². The largest absolute Gasteiger partial charge is 0.481 e. The molecule has 0 aromatic heterocycles. The van der Waals surface area contributed by atoms with Crippen LogP contribution >= 0.6 is 0 Å². The second kappa shape index (κ2) is 8.82. The molecule has 0 aromatic rings. The van der Waals surface area contributed by atoms with Crippen molar-refractivity contribution in [3.63, 3.8) is 0 Å². The van der Waals surface area contributed by atoms with Gasteiger partial charge in [0.15, 0.2) is 0 Å². The molecule has 2 atom stereocenters. The molecule has 1 rings (SSSR count). The standard InChI is InChI=1S/C15H28N2O3/c1-11-8-12(2)10-13(9-11)17-15(20)16-7-5-3-4-6-14(18)19/h11-13H,3-10H2,1-2H3,(H,18,19)(H2,16,17,20). The van der Waals surface area contributed by atoms with Crippen LogP contribution in [-0.2, 0) is 4.79 Å². The second-order valence-electron chi connectivity index (χ2n) is 6.22. The Hall–Kier alpha value is -1.26. The average molecular weight is 284 g/mol. The Labute approximate surface area is 121 Å². The third-order valence-corrected chi connectivity index (χ3v) is 3.87. The van der Waals surface area contributed by atoms with Crippen molar-refractivity contribution in [2.75, 3.05) is 6.54 Å². The zero-order chi connectivity index (χ0) is 15.0. The van der Waals surface area contributed by atoms with E-state index in [0.29, 0.717) is 30.8 Å². The fraction of sp³-hybridized carbons (Fsp3) is 0.867. The normalized spacial score (nSPS) is 26.0. The predicted molar refractivity (Wildman–Crippen MR) is 78.6 cm³/mol. The summed E-state index contributed by atoms with van der Waals surface area (Å²) in [6.45, 7) is 5.10. The minimum absolute atomic E-state index is 0.0884. The molecule has 0 spiro atoms. The van der Waals surface area contributed by atoms with E-state index in [1.54, 1.807) is 0 Å². The van der Waals surface area contributed by atoms with Crippen LogP contribution in [0.15, 0.2) is 0 Å². The molecule has 2 unspecified atom stereocenters. The lowest BCUT2D eigenvalue weighted by molar-refractivity contribution is -0.137. The van der Waals surface area contributed by atoms with Gasteiger partial charge in [-0.3, -0.25) is 4.79 Å². The third-order valence-electron chi connectivity index (χ3n) is 3.87. The Kier molecular flexibility index (Phi) is 7.41. The molecule has 1 aliphatic rings. The minimum atomic E-state index is -0.753. The van der Waals surface area contributed by atoms with Crippen LogP contribution in [-0.4, -0.2) is 29.7 Å². The number of unbranched alkanes of at least 4 members (excludes halogenated alkanes) is 2. The molecular formula is C15H28N2O3. The molecule has 0 saturated heterocycles. The van der Waals surface area contributed by atoms with E-state index in [9.17, 15) is 9.59 Å². The molecule has 0 radical (unpaired) electrons. The van der Waals surface area contributed by atoms with Gasteiger partial charge in [-0.05, 0) is 43.9 Å². The van der Waals surface area contributed by atoms with Crippen LogP contribution in [0.25, 0.3) is 0 Å². The van der Waals surface area contributed by atoms with E-state index in [2.05, 4.69) is 24.5 Å². The van der Waals surface area contributed by atoms with Crippen LogP contribution in [0, 0.1) is 11.8 Å². The van der Waals surface area contributed by atoms with Gasteiger partial charge in [0.2, 0.25) is 0 Å². The first-order valence-electron chi connectivity index (χ1n) is 7.73. The molecule has 1 aliphatic carbocycles. The van der Waals surface area contributed by atoms with Crippen molar-refractivity contribution >= 4 is 12.0 Å². The molecule has 1 fully saturated rings. The number of carboxylic acids is 1. The number of nitrogens with one attached hydrogen (secondary N) is 2. The fourth-order valence-corrected chi connectivity index (χ4v) is 3.08. The number of carbonyl (C=O) groups excluding carboxylic acids is 1. The Morgan fingerprint density at radius 3 is 2.30 bits per heavy atom. The van der Waals surface area contributed by atoms with Gasteiger partial charge in [0.1, 0.15) is 0 Å². The number of carbonyl (C=O) groups is 2. The van der Waals surface area contributed by atoms with E-state index in [1.807, 2.05) is 0 Å². The molecule has 2 amide bonds. The predicted octanol–water partition coefficient (Wildman–Crippen LogP) is 2.76. The van der Waals surface area contributed by atoms with E-state index in [0.717, 1.165) is 25.7 Å². The molecule has 5 heteroatoms. The molecule has 0 heterocycles. The summed E-state index contributed by atoms with van der Waals surface area (Å²) in [6.07, 6.45) is 5.94. The van der Waals surface area contributed by atoms with Gasteiger partial charge in [0.05, 0.1) is 0 Å². The van der Waals surface area contributed by atoms with Crippen molar-refractivity contribution in [2.24, 2.45) is 11.8 Å². The molecule has 0 aromatic carbocycles. The van der Waals surface area contributed by atoms with Crippen molar-refractivity contribution < 1.29 is 14.7 Å². The van der Waals surface area contributed by atoms with Crippen LogP contribution in [0.3, 0.4) is 0 Å². The summed E-state index contributed by atoms with van der Waals surface area (Å²) in [5.74, 6) is 0.608. The highest BCUT2D eigenvalue weighted by molar-refractivity contribution is 5.74. The Morgan fingerprint density at radius 1 is 1.05 bits per heavy atom. The smallest absolute Gasteiger partial charge is 0.315 e. The number of aliphatic carboxylic acids is 1. The van der Waals surface area contributed by atoms with Gasteiger partial charge in [-0.2, -0.15) is 0 Å². The molecule has 0 aliphatic heterocycles. The lowest BCUT2D eigenvalue weighted by atomic mass is 9.80. The van der Waals surface area contributed by atoms with E-state index < -0.39 is 5.97 Å². The number of hydrogen-bond acceptors (Lipinski definition) is 2. The monoisotopic (exact) mass is 284 g/mol. The first-order valence-corrected chi connectivity index (χ1v) is 7.73. The topological polar surface area (TPSA) is 78.4 Å². The highest BCUT2D eigenvalue weighted by Crippen LogP contribution is 2.28. The van der Waals surface area contributed by atoms with Crippen molar-refractivity contribution in [3.05, 3.63) is 0 Å². The van der Waals surface area contributed by atoms with Gasteiger partial charge in [-0.15, -0.1) is 0 Å². The Morgan fingerprint density at radius 2 is 1.70 bits per heavy atom. The number of rotatable bonds is 7. The highest BCUT2D eigenvalue weighted by atomic mass is 16.4. The summed E-state index contributed by atoms with van der Waals surface area (Å²) in [7, 11) is 0. The first kappa shape index (κ1) is 16.8. The lowest BCUT2D eigenvalue weighted by Crippen LogP contribution is -2.45. The number of carboxylic acid groups (broad SMARTS) is 1. The van der Waals surface area contributed by atoms with E-state index in [1.165, 1.54) is 6.42 Å². The van der Waals surface area contributed by atoms with Crippen molar-refractivity contribution in [1.29, 1.82) is 0 Å². The maximum Gasteiger partial charge on any atom is 0.315 e. The Bertz CT molecular complexity index is 310. The summed E-state index contributed by atoms with van der Waals surface area (Å²) in [6, 6.07) is 0.204. The molecule has 3 N–H and O–H groups in total. The maximum atomic E-state index is 11.7. The third kappa shape index (κ3) is 7.36. The van der Waals surface area contributed by atoms with E-state index in [-0.39, 0.29) is 12.5 Å². The quantitative estimate of drug-likeness (QED) is 0.629. The summed E-state index contributed by atoms with van der Waals surface area (Å²) in [4.78, 5) is 22.1. The van der Waals surface area contributed by atoms with Crippen LogP contribution in [0.1, 0.15) is 58.8 Å². The summed E-state index contributed by atoms with van der Waals surface area (Å²) in [5, 5.41) is 14.4. The molecule has 1 saturated carbocycles. The van der Waals surface area contributed by atoms with Crippen LogP contribution in [0.4, 0.5) is 4.79 Å². The first-order chi connectivity index (χ1) is 9.47. The minimum Gasteiger partial charge on any atom is -0.481 e. The lowest BCUT2D eigenvalue weighted by Gasteiger charge is -2.31. The SMILES string of the molecule is CC1CC(C)CC(NC(=O)NCCCCCC(=O)O)C1. The summed E-state index contributed by atoms with van der Waals surface area (Å²) in [5.41, 5.74) is 0. The van der Waals surface area contributed by atoms with Crippen molar-refractivity contribution in [3.8, 4) is 0 Å². The zero-order valence-electron chi connectivity index (χ0n) is 12.7. The number of urea groups is 1. The number of amides is 2. The van der Waals surface area contributed by atoms with Gasteiger partial charge in [-0.1, -0.05) is 20.3 Å². The Balaban J connectivity index is 2.06. The van der Waals surface area contributed by atoms with Crippen LogP contribution in [0.5, 0.6) is 0 Å². The van der Waals surface area contributed by atoms with Crippen molar-refractivity contribution in [1.82, 2.24) is 10.6 Å². The van der Waals surface area contributed by atoms with Crippen LogP contribution in [0.2, 0.25) is 0 Å². The summed E-state index contributed by atoms with van der Waals surface area (Å²) < 4.78 is 0. The zero-order valence-corrected chi connectivity index (χ0v) is 12.7. The van der Waals surface area contributed by atoms with Crippen LogP contribution < -0.4 is 10.6 Å². The molecular weight excluding hydrogens is 256 g/mol. The maximum absolute atomic E-state index is 11.7. The molecule has 0 bridgehead atoms. The summed E-state index contributed by atoms with van der Waals surface area (Å²) >= 11 is 0. The number of hydrogen-bond donors (Lipinski definition) is 3. The van der Waals surface area contributed by atoms with Gasteiger partial charge < -0.3 is 15.7 Å². The van der Waals surface area contributed by atoms with Crippen molar-refractivity contribution in [2.45, 2.75) is 64.8 Å². The van der Waals surface area contributed by atoms with Gasteiger partial charge in [0.25, 0.3) is 0 Å². The van der Waals surface area contributed by atoms with Gasteiger partial charge in [0, 0.05) is 19.0 Å². The molecule has 5 nitrogen and oxygen atoms in total. The average Bonchev–Trinajstić information content (AvgIpc) is 2.31. The fourth-order valence-electron chi connectivity index (χ4n) is 3.08.